The first-order valence-electron chi connectivity index (χ1n) is 19.5. The van der Waals surface area contributed by atoms with E-state index in [0.717, 1.165) is 71.9 Å². The van der Waals surface area contributed by atoms with Crippen molar-refractivity contribution in [3.63, 3.8) is 0 Å². The number of fused-ring (bicyclic) bond motifs is 6. The summed E-state index contributed by atoms with van der Waals surface area (Å²) in [7, 11) is 1.69. The Morgan fingerprint density at radius 3 is 1.56 bits per heavy atom. The molecule has 10 nitrogen and oxygen atoms in total. The van der Waals surface area contributed by atoms with Crippen molar-refractivity contribution in [2.75, 3.05) is 69.3 Å². The fourth-order valence-electron chi connectivity index (χ4n) is 8.90. The van der Waals surface area contributed by atoms with Gasteiger partial charge in [0.1, 0.15) is 11.5 Å². The smallest absolute Gasteiger partial charge is 0.329 e. The number of piperazine rings is 2. The number of methoxy groups -OCH3 is 1. The lowest BCUT2D eigenvalue weighted by Gasteiger charge is -2.36. The molecule has 0 atom stereocenters. The van der Waals surface area contributed by atoms with E-state index < -0.39 is 0 Å². The molecule has 0 aliphatic carbocycles. The minimum absolute atomic E-state index is 0.0234. The minimum atomic E-state index is -0.0379. The summed E-state index contributed by atoms with van der Waals surface area (Å²) >= 11 is 0. The van der Waals surface area contributed by atoms with E-state index in [1.54, 1.807) is 19.2 Å². The Hall–Kier alpha value is -6.94. The summed E-state index contributed by atoms with van der Waals surface area (Å²) in [6, 6.07) is 44.0. The molecule has 1 N–H and O–H groups in total. The monoisotopic (exact) mass is 754 g/mol. The second-order valence-corrected chi connectivity index (χ2v) is 14.9. The van der Waals surface area contributed by atoms with Gasteiger partial charge in [-0.1, -0.05) is 72.8 Å². The number of hydrogen-bond donors (Lipinski definition) is 1. The Balaban J connectivity index is 0.896. The standard InChI is InChI=1S/C47H42N6O4/c1-57-45-17-9-8-16-44(45)49-22-26-51(27-23-49)47(56)53-42-15-7-4-12-38(42)39-30-32(18-19-43(39)53)33-28-34(31-35(54)29-33)48-20-24-50(25-21-48)46(55)52-40-13-5-2-10-36(40)37-11-3-6-14-41(37)52/h2-19,28-31,54H,20-27H2,1H3. The van der Waals surface area contributed by atoms with Gasteiger partial charge in [0, 0.05) is 85.7 Å². The molecule has 57 heavy (non-hydrogen) atoms. The normalized spacial score (nSPS) is 15.0. The van der Waals surface area contributed by atoms with Crippen molar-refractivity contribution in [3.05, 3.63) is 133 Å². The van der Waals surface area contributed by atoms with E-state index in [2.05, 4.69) is 46.2 Å². The van der Waals surface area contributed by atoms with Crippen molar-refractivity contribution in [3.8, 4) is 22.6 Å². The highest BCUT2D eigenvalue weighted by Crippen LogP contribution is 2.37. The van der Waals surface area contributed by atoms with Crippen LogP contribution in [-0.2, 0) is 0 Å². The highest BCUT2D eigenvalue weighted by molar-refractivity contribution is 6.14. The molecule has 0 radical (unpaired) electrons. The molecule has 4 heterocycles. The summed E-state index contributed by atoms with van der Waals surface area (Å²) in [6.45, 7) is 4.98. The zero-order valence-corrected chi connectivity index (χ0v) is 31.7. The molecule has 0 spiro atoms. The number of phenolic OH excluding ortho intramolecular Hbond substituents is 1. The van der Waals surface area contributed by atoms with Crippen molar-refractivity contribution in [1.29, 1.82) is 0 Å². The van der Waals surface area contributed by atoms with Gasteiger partial charge in [0.05, 0.1) is 34.9 Å². The van der Waals surface area contributed by atoms with Gasteiger partial charge in [0.25, 0.3) is 0 Å². The van der Waals surface area contributed by atoms with Crippen LogP contribution in [0.2, 0.25) is 0 Å². The van der Waals surface area contributed by atoms with E-state index in [1.165, 1.54) is 0 Å². The van der Waals surface area contributed by atoms with E-state index in [-0.39, 0.29) is 17.8 Å². The molecule has 10 heteroatoms. The van der Waals surface area contributed by atoms with Gasteiger partial charge in [0.2, 0.25) is 0 Å². The molecular weight excluding hydrogens is 713 g/mol. The number of aromatic nitrogens is 2. The molecule has 0 bridgehead atoms. The molecule has 2 saturated heterocycles. The van der Waals surface area contributed by atoms with Crippen LogP contribution in [0.5, 0.6) is 11.5 Å². The Morgan fingerprint density at radius 2 is 0.982 bits per heavy atom. The number of amides is 2. The van der Waals surface area contributed by atoms with Crippen molar-refractivity contribution in [2.45, 2.75) is 0 Å². The second-order valence-electron chi connectivity index (χ2n) is 14.9. The van der Waals surface area contributed by atoms with E-state index in [0.29, 0.717) is 52.4 Å². The number of rotatable bonds is 4. The maximum atomic E-state index is 14.3. The van der Waals surface area contributed by atoms with Crippen LogP contribution in [0.15, 0.2) is 133 Å². The summed E-state index contributed by atoms with van der Waals surface area (Å²) in [5.41, 5.74) is 7.31. The zero-order chi connectivity index (χ0) is 38.6. The SMILES string of the molecule is COc1ccccc1N1CCN(C(=O)n2c3ccccc3c3cc(-c4cc(O)cc(N5CCN(C(=O)n6c7ccccc7c7ccccc76)CC5)c4)ccc32)CC1. The number of benzene rings is 6. The van der Waals surface area contributed by atoms with Gasteiger partial charge < -0.3 is 29.4 Å². The van der Waals surface area contributed by atoms with Crippen LogP contribution in [0.25, 0.3) is 54.7 Å². The molecule has 2 aliphatic rings. The third kappa shape index (κ3) is 5.87. The van der Waals surface area contributed by atoms with Gasteiger partial charge >= 0.3 is 12.1 Å². The van der Waals surface area contributed by atoms with Gasteiger partial charge in [-0.25, -0.2) is 9.59 Å². The van der Waals surface area contributed by atoms with Crippen LogP contribution in [-0.4, -0.2) is 95.6 Å². The number of ether oxygens (including phenoxy) is 1. The molecule has 10 rings (SSSR count). The van der Waals surface area contributed by atoms with Crippen LogP contribution >= 0.6 is 0 Å². The number of nitrogens with zero attached hydrogens (tertiary/aromatic N) is 6. The molecule has 284 valence electrons. The van der Waals surface area contributed by atoms with Crippen LogP contribution in [0, 0.1) is 0 Å². The Bertz CT molecular complexity index is 2790. The third-order valence-corrected chi connectivity index (χ3v) is 11.8. The topological polar surface area (TPSA) is 86.4 Å². The van der Waals surface area contributed by atoms with Crippen LogP contribution in [0.4, 0.5) is 21.0 Å². The lowest BCUT2D eigenvalue weighted by Crippen LogP contribution is -2.50. The van der Waals surface area contributed by atoms with E-state index >= 15 is 0 Å². The minimum Gasteiger partial charge on any atom is -0.508 e. The highest BCUT2D eigenvalue weighted by atomic mass is 16.5. The highest BCUT2D eigenvalue weighted by Gasteiger charge is 2.28. The van der Waals surface area contributed by atoms with Crippen LogP contribution < -0.4 is 14.5 Å². The van der Waals surface area contributed by atoms with Gasteiger partial charge in [0.15, 0.2) is 0 Å². The van der Waals surface area contributed by atoms with Gasteiger partial charge in [-0.15, -0.1) is 0 Å². The summed E-state index contributed by atoms with van der Waals surface area (Å²) in [6.07, 6.45) is 0. The van der Waals surface area contributed by atoms with E-state index in [9.17, 15) is 14.7 Å². The van der Waals surface area contributed by atoms with Gasteiger partial charge in [-0.05, 0) is 65.7 Å². The number of anilines is 2. The summed E-state index contributed by atoms with van der Waals surface area (Å²) in [4.78, 5) is 36.7. The quantitative estimate of drug-likeness (QED) is 0.193. The number of carbonyl (C=O) groups is 2. The summed E-state index contributed by atoms with van der Waals surface area (Å²) in [5, 5.41) is 15.1. The summed E-state index contributed by atoms with van der Waals surface area (Å²) < 4.78 is 9.30. The Kier molecular flexibility index (Phi) is 8.47. The first kappa shape index (κ1) is 34.5. The Morgan fingerprint density at radius 1 is 0.491 bits per heavy atom. The molecule has 2 fully saturated rings. The molecule has 0 saturated carbocycles. The first-order valence-corrected chi connectivity index (χ1v) is 19.5. The number of para-hydroxylation sites is 5. The lowest BCUT2D eigenvalue weighted by molar-refractivity contribution is 0.197. The fraction of sp³-hybridized carbons (Fsp3) is 0.191. The predicted molar refractivity (Wildman–Crippen MR) is 228 cm³/mol. The third-order valence-electron chi connectivity index (χ3n) is 11.8. The lowest BCUT2D eigenvalue weighted by atomic mass is 10.0. The van der Waals surface area contributed by atoms with Crippen LogP contribution in [0.1, 0.15) is 0 Å². The van der Waals surface area contributed by atoms with E-state index in [1.807, 2.05) is 104 Å². The zero-order valence-electron chi connectivity index (χ0n) is 31.7. The second kappa shape index (κ2) is 14.0. The summed E-state index contributed by atoms with van der Waals surface area (Å²) in [5.74, 6) is 1.01. The van der Waals surface area contributed by atoms with Crippen molar-refractivity contribution < 1.29 is 19.4 Å². The van der Waals surface area contributed by atoms with Gasteiger partial charge in [-0.3, -0.25) is 9.13 Å². The average Bonchev–Trinajstić information content (AvgIpc) is 3.78. The molecule has 0 unspecified atom stereocenters. The number of aromatic hydroxyl groups is 1. The molecule has 2 aliphatic heterocycles. The number of hydrogen-bond acceptors (Lipinski definition) is 6. The number of phenols is 1. The van der Waals surface area contributed by atoms with Gasteiger partial charge in [-0.2, -0.15) is 0 Å². The predicted octanol–water partition coefficient (Wildman–Crippen LogP) is 8.86. The Labute approximate surface area is 329 Å². The van der Waals surface area contributed by atoms with Crippen molar-refractivity contribution in [1.82, 2.24) is 18.9 Å². The van der Waals surface area contributed by atoms with Crippen LogP contribution in [0.3, 0.4) is 0 Å². The largest absolute Gasteiger partial charge is 0.508 e. The molecule has 2 aromatic heterocycles. The van der Waals surface area contributed by atoms with Crippen molar-refractivity contribution in [2.24, 2.45) is 0 Å². The maximum Gasteiger partial charge on any atom is 0.329 e. The molecule has 6 aromatic carbocycles. The molecular formula is C47H42N6O4. The average molecular weight is 755 g/mol. The maximum absolute atomic E-state index is 14.3. The molecule has 8 aromatic rings. The fourth-order valence-corrected chi connectivity index (χ4v) is 8.90. The van der Waals surface area contributed by atoms with E-state index in [4.69, 9.17) is 4.74 Å². The first-order chi connectivity index (χ1) is 28.0. The molecule has 2 amide bonds. The van der Waals surface area contributed by atoms with Crippen molar-refractivity contribution >= 4 is 67.0 Å². The number of carbonyl (C=O) groups excluding carboxylic acids is 2.